The predicted molar refractivity (Wildman–Crippen MR) is 73.2 cm³/mol. The molecule has 6 nitrogen and oxygen atoms in total. The lowest BCUT2D eigenvalue weighted by Crippen LogP contribution is -2.26. The number of benzene rings is 1. The fraction of sp³-hybridized carbons (Fsp3) is 0.308. The maximum absolute atomic E-state index is 10.7. The number of non-ortho nitro benzene ring substituents is 1. The average Bonchev–Trinajstić information content (AvgIpc) is 2.84. The minimum absolute atomic E-state index is 0.0882. The van der Waals surface area contributed by atoms with Crippen LogP contribution in [-0.4, -0.2) is 29.0 Å². The third-order valence-corrected chi connectivity index (χ3v) is 3.42. The summed E-state index contributed by atoms with van der Waals surface area (Å²) in [7, 11) is 0. The van der Waals surface area contributed by atoms with Crippen molar-refractivity contribution in [2.75, 3.05) is 18.0 Å². The van der Waals surface area contributed by atoms with Crippen LogP contribution in [0.25, 0.3) is 10.9 Å². The number of hydrogen-bond acceptors (Lipinski definition) is 5. The topological polar surface area (TPSA) is 85.3 Å². The number of anilines is 1. The van der Waals surface area contributed by atoms with E-state index < -0.39 is 4.92 Å². The van der Waals surface area contributed by atoms with Crippen LogP contribution in [0.15, 0.2) is 30.3 Å². The van der Waals surface area contributed by atoms with Crippen LogP contribution in [0, 0.1) is 10.1 Å². The van der Waals surface area contributed by atoms with Gasteiger partial charge in [0.15, 0.2) is 0 Å². The van der Waals surface area contributed by atoms with E-state index >= 15 is 0 Å². The van der Waals surface area contributed by atoms with Gasteiger partial charge in [-0.05, 0) is 24.6 Å². The molecule has 1 saturated heterocycles. The molecule has 0 saturated carbocycles. The second-order valence-electron chi connectivity index (χ2n) is 4.80. The van der Waals surface area contributed by atoms with Crippen LogP contribution in [0.2, 0.25) is 0 Å². The molecule has 1 aliphatic rings. The van der Waals surface area contributed by atoms with Crippen LogP contribution in [0.5, 0.6) is 0 Å². The number of aromatic nitrogens is 1. The van der Waals surface area contributed by atoms with Crippen molar-refractivity contribution in [1.82, 2.24) is 4.98 Å². The first-order valence-electron chi connectivity index (χ1n) is 6.19. The van der Waals surface area contributed by atoms with Crippen molar-refractivity contribution in [2.45, 2.75) is 12.5 Å². The Kier molecular flexibility index (Phi) is 2.79. The Morgan fingerprint density at radius 2 is 2.21 bits per heavy atom. The summed E-state index contributed by atoms with van der Waals surface area (Å²) in [5, 5.41) is 11.5. The van der Waals surface area contributed by atoms with Gasteiger partial charge in [0.05, 0.1) is 10.4 Å². The van der Waals surface area contributed by atoms with E-state index in [1.54, 1.807) is 12.1 Å². The van der Waals surface area contributed by atoms with Crippen LogP contribution >= 0.6 is 0 Å². The molecule has 1 aromatic heterocycles. The van der Waals surface area contributed by atoms with Gasteiger partial charge in [-0.15, -0.1) is 0 Å². The molecule has 1 fully saturated rings. The number of nitrogens with two attached hydrogens (primary N) is 1. The molecule has 6 heteroatoms. The fourth-order valence-electron chi connectivity index (χ4n) is 2.39. The standard InChI is InChI=1S/C13H14N4O2/c14-10-5-6-16(8-10)13-4-1-9-7-11(17(18)19)2-3-12(9)15-13/h1-4,7,10H,5-6,8,14H2. The van der Waals surface area contributed by atoms with E-state index in [9.17, 15) is 10.1 Å². The van der Waals surface area contributed by atoms with Gasteiger partial charge in [-0.1, -0.05) is 0 Å². The number of rotatable bonds is 2. The molecule has 2 aromatic rings. The highest BCUT2D eigenvalue weighted by molar-refractivity contribution is 5.82. The van der Waals surface area contributed by atoms with Crippen molar-refractivity contribution in [1.29, 1.82) is 0 Å². The highest BCUT2D eigenvalue weighted by Gasteiger charge is 2.20. The van der Waals surface area contributed by atoms with Gasteiger partial charge in [-0.25, -0.2) is 4.98 Å². The molecule has 1 aliphatic heterocycles. The molecular formula is C13H14N4O2. The Morgan fingerprint density at radius 3 is 2.89 bits per heavy atom. The molecule has 0 aliphatic carbocycles. The molecular weight excluding hydrogens is 244 g/mol. The number of nitro groups is 1. The zero-order valence-corrected chi connectivity index (χ0v) is 10.3. The van der Waals surface area contributed by atoms with E-state index in [0.717, 1.165) is 36.2 Å². The van der Waals surface area contributed by atoms with Crippen molar-refractivity contribution < 1.29 is 4.92 Å². The van der Waals surface area contributed by atoms with Crippen molar-refractivity contribution in [3.05, 3.63) is 40.4 Å². The summed E-state index contributed by atoms with van der Waals surface area (Å²) in [5.41, 5.74) is 6.74. The third-order valence-electron chi connectivity index (χ3n) is 3.42. The van der Waals surface area contributed by atoms with Crippen molar-refractivity contribution in [3.63, 3.8) is 0 Å². The van der Waals surface area contributed by atoms with E-state index in [-0.39, 0.29) is 11.7 Å². The Hall–Kier alpha value is -2.21. The summed E-state index contributed by atoms with van der Waals surface area (Å²) in [6, 6.07) is 8.68. The monoisotopic (exact) mass is 258 g/mol. The maximum Gasteiger partial charge on any atom is 0.270 e. The Balaban J connectivity index is 1.97. The highest BCUT2D eigenvalue weighted by atomic mass is 16.6. The van der Waals surface area contributed by atoms with Gasteiger partial charge in [0.25, 0.3) is 5.69 Å². The lowest BCUT2D eigenvalue weighted by atomic mass is 10.2. The van der Waals surface area contributed by atoms with Crippen molar-refractivity contribution >= 4 is 22.4 Å². The van der Waals surface area contributed by atoms with Crippen LogP contribution in [0.1, 0.15) is 6.42 Å². The molecule has 98 valence electrons. The van der Waals surface area contributed by atoms with Crippen LogP contribution in [-0.2, 0) is 0 Å². The lowest BCUT2D eigenvalue weighted by molar-refractivity contribution is -0.384. The van der Waals surface area contributed by atoms with Crippen LogP contribution < -0.4 is 10.6 Å². The Bertz CT molecular complexity index is 644. The average molecular weight is 258 g/mol. The second kappa shape index (κ2) is 4.47. The highest BCUT2D eigenvalue weighted by Crippen LogP contribution is 2.24. The molecule has 2 heterocycles. The number of fused-ring (bicyclic) bond motifs is 1. The van der Waals surface area contributed by atoms with Gasteiger partial charge in [-0.3, -0.25) is 10.1 Å². The summed E-state index contributed by atoms with van der Waals surface area (Å²) in [6.07, 6.45) is 0.972. The summed E-state index contributed by atoms with van der Waals surface area (Å²) < 4.78 is 0. The minimum Gasteiger partial charge on any atom is -0.355 e. The zero-order valence-electron chi connectivity index (χ0n) is 10.3. The smallest absolute Gasteiger partial charge is 0.270 e. The van der Waals surface area contributed by atoms with Crippen LogP contribution in [0.3, 0.4) is 0 Å². The molecule has 0 spiro atoms. The van der Waals surface area contributed by atoms with Gasteiger partial charge in [0.1, 0.15) is 5.82 Å². The fourth-order valence-corrected chi connectivity index (χ4v) is 2.39. The second-order valence-corrected chi connectivity index (χ2v) is 4.80. The lowest BCUT2D eigenvalue weighted by Gasteiger charge is -2.17. The number of nitro benzene ring substituents is 1. The Labute approximate surface area is 110 Å². The Morgan fingerprint density at radius 1 is 1.37 bits per heavy atom. The van der Waals surface area contributed by atoms with Crippen molar-refractivity contribution in [2.24, 2.45) is 5.73 Å². The molecule has 1 atom stereocenters. The van der Waals surface area contributed by atoms with E-state index in [2.05, 4.69) is 9.88 Å². The predicted octanol–water partition coefficient (Wildman–Crippen LogP) is 1.68. The van der Waals surface area contributed by atoms with E-state index in [4.69, 9.17) is 5.73 Å². The quantitative estimate of drug-likeness (QED) is 0.654. The zero-order chi connectivity index (χ0) is 13.4. The summed E-state index contributed by atoms with van der Waals surface area (Å²) in [6.45, 7) is 1.72. The van der Waals surface area contributed by atoms with E-state index in [1.807, 2.05) is 12.1 Å². The molecule has 0 radical (unpaired) electrons. The first-order valence-corrected chi connectivity index (χ1v) is 6.19. The first-order chi connectivity index (χ1) is 9.13. The number of pyridine rings is 1. The molecule has 2 N–H and O–H groups in total. The van der Waals surface area contributed by atoms with Gasteiger partial charge in [0.2, 0.25) is 0 Å². The van der Waals surface area contributed by atoms with Gasteiger partial charge in [0, 0.05) is 36.7 Å². The van der Waals surface area contributed by atoms with Gasteiger partial charge >= 0.3 is 0 Å². The van der Waals surface area contributed by atoms with E-state index in [1.165, 1.54) is 6.07 Å². The summed E-state index contributed by atoms with van der Waals surface area (Å²) >= 11 is 0. The SMILES string of the molecule is NC1CCN(c2ccc3cc([N+](=O)[O-])ccc3n2)C1. The normalized spacial score (nSPS) is 19.0. The third kappa shape index (κ3) is 2.22. The first kappa shape index (κ1) is 11.9. The molecule has 0 bridgehead atoms. The maximum atomic E-state index is 10.7. The number of nitrogens with zero attached hydrogens (tertiary/aromatic N) is 3. The molecule has 1 unspecified atom stereocenters. The van der Waals surface area contributed by atoms with Gasteiger partial charge in [-0.2, -0.15) is 0 Å². The van der Waals surface area contributed by atoms with Crippen LogP contribution in [0.4, 0.5) is 11.5 Å². The molecule has 3 rings (SSSR count). The molecule has 1 aromatic carbocycles. The minimum atomic E-state index is -0.396. The summed E-state index contributed by atoms with van der Waals surface area (Å²) in [4.78, 5) is 17.0. The molecule has 0 amide bonds. The van der Waals surface area contributed by atoms with Crippen molar-refractivity contribution in [3.8, 4) is 0 Å². The number of hydrogen-bond donors (Lipinski definition) is 1. The summed E-state index contributed by atoms with van der Waals surface area (Å²) in [5.74, 6) is 0.884. The largest absolute Gasteiger partial charge is 0.355 e. The van der Waals surface area contributed by atoms with E-state index in [0.29, 0.717) is 0 Å². The van der Waals surface area contributed by atoms with Gasteiger partial charge < -0.3 is 10.6 Å². The molecule has 19 heavy (non-hydrogen) atoms.